The molecule has 0 saturated heterocycles. The summed E-state index contributed by atoms with van der Waals surface area (Å²) in [5.74, 6) is -0.235. The van der Waals surface area contributed by atoms with Crippen molar-refractivity contribution in [3.63, 3.8) is 0 Å². The Morgan fingerprint density at radius 2 is 1.81 bits per heavy atom. The van der Waals surface area contributed by atoms with Crippen LogP contribution in [0.1, 0.15) is 20.7 Å². The molecular formula is C20H24Cl2N4O5. The number of anilines is 2. The number of aliphatic hydroxyl groups excluding tert-OH is 1. The molecule has 0 spiro atoms. The van der Waals surface area contributed by atoms with Crippen molar-refractivity contribution < 1.29 is 24.5 Å². The largest absolute Gasteiger partial charge is 0.507 e. The van der Waals surface area contributed by atoms with Crippen LogP contribution in [0.3, 0.4) is 0 Å². The maximum Gasteiger partial charge on any atom is 0.257 e. The van der Waals surface area contributed by atoms with Gasteiger partial charge in [-0.1, -0.05) is 23.2 Å². The number of nitrogens with zero attached hydrogens (tertiary/aromatic N) is 2. The molecular weight excluding hydrogens is 447 g/mol. The molecule has 6 N–H and O–H groups in total. The molecule has 0 radical (unpaired) electrons. The van der Waals surface area contributed by atoms with Crippen molar-refractivity contribution in [1.82, 2.24) is 9.80 Å². The average molecular weight is 471 g/mol. The van der Waals surface area contributed by atoms with Crippen LogP contribution in [0.5, 0.6) is 11.5 Å². The molecule has 3 rings (SSSR count). The van der Waals surface area contributed by atoms with E-state index in [1.165, 1.54) is 24.1 Å². The first-order valence-corrected chi connectivity index (χ1v) is 9.94. The monoisotopic (exact) mass is 470 g/mol. The molecule has 2 aromatic rings. The SMILES string of the molecule is CN(CCO)C(=O)c1cc(Cl)c(N)cc1O.CN1CCOc2cc(N)c(Cl)cc2C1=O. The lowest BCUT2D eigenvalue weighted by Crippen LogP contribution is -2.29. The van der Waals surface area contributed by atoms with Gasteiger partial charge in [-0.05, 0) is 12.1 Å². The molecule has 31 heavy (non-hydrogen) atoms. The minimum absolute atomic E-state index is 0.0650. The summed E-state index contributed by atoms with van der Waals surface area (Å²) in [6.45, 7) is 1.06. The Morgan fingerprint density at radius 1 is 1.19 bits per heavy atom. The number of nitrogen functional groups attached to an aromatic ring is 2. The van der Waals surface area contributed by atoms with Crippen molar-refractivity contribution in [3.05, 3.63) is 45.4 Å². The number of rotatable bonds is 3. The maximum atomic E-state index is 11.8. The highest BCUT2D eigenvalue weighted by Crippen LogP contribution is 2.31. The lowest BCUT2D eigenvalue weighted by atomic mass is 10.1. The van der Waals surface area contributed by atoms with E-state index in [0.717, 1.165) is 0 Å². The van der Waals surface area contributed by atoms with Gasteiger partial charge in [-0.2, -0.15) is 0 Å². The maximum absolute atomic E-state index is 11.8. The zero-order chi connectivity index (χ0) is 23.3. The topological polar surface area (TPSA) is 142 Å². The van der Waals surface area contributed by atoms with E-state index < -0.39 is 5.91 Å². The number of fused-ring (bicyclic) bond motifs is 1. The van der Waals surface area contributed by atoms with Gasteiger partial charge in [0.25, 0.3) is 11.8 Å². The number of hydrogen-bond donors (Lipinski definition) is 4. The number of phenols is 1. The van der Waals surface area contributed by atoms with Crippen LogP contribution in [-0.4, -0.2) is 72.2 Å². The predicted octanol–water partition coefficient (Wildman–Crippen LogP) is 2.08. The highest BCUT2D eigenvalue weighted by atomic mass is 35.5. The highest BCUT2D eigenvalue weighted by Gasteiger charge is 2.22. The Bertz CT molecular complexity index is 987. The van der Waals surface area contributed by atoms with Gasteiger partial charge in [0.05, 0.1) is 45.7 Å². The number of halogens is 2. The molecule has 0 aliphatic carbocycles. The molecule has 0 aromatic heterocycles. The molecule has 168 valence electrons. The van der Waals surface area contributed by atoms with Crippen LogP contribution in [0.15, 0.2) is 24.3 Å². The Hall–Kier alpha value is -2.88. The second kappa shape index (κ2) is 10.4. The molecule has 0 saturated carbocycles. The fourth-order valence-electron chi connectivity index (χ4n) is 2.66. The quantitative estimate of drug-likeness (QED) is 0.502. The van der Waals surface area contributed by atoms with Gasteiger partial charge >= 0.3 is 0 Å². The van der Waals surface area contributed by atoms with Crippen molar-refractivity contribution in [2.45, 2.75) is 0 Å². The van der Waals surface area contributed by atoms with E-state index in [4.69, 9.17) is 44.5 Å². The van der Waals surface area contributed by atoms with Crippen LogP contribution >= 0.6 is 23.2 Å². The minimum atomic E-state index is -0.423. The smallest absolute Gasteiger partial charge is 0.257 e. The fourth-order valence-corrected chi connectivity index (χ4v) is 2.99. The second-order valence-electron chi connectivity index (χ2n) is 6.79. The number of hydrogen-bond acceptors (Lipinski definition) is 7. The number of amides is 2. The molecule has 11 heteroatoms. The minimum Gasteiger partial charge on any atom is -0.507 e. The van der Waals surface area contributed by atoms with E-state index in [2.05, 4.69) is 0 Å². The van der Waals surface area contributed by atoms with E-state index in [-0.39, 0.29) is 41.1 Å². The molecule has 0 bridgehead atoms. The molecule has 9 nitrogen and oxygen atoms in total. The van der Waals surface area contributed by atoms with Crippen molar-refractivity contribution in [2.75, 3.05) is 51.9 Å². The van der Waals surface area contributed by atoms with Gasteiger partial charge in [0.2, 0.25) is 0 Å². The van der Waals surface area contributed by atoms with E-state index in [9.17, 15) is 14.7 Å². The molecule has 0 atom stereocenters. The third-order valence-electron chi connectivity index (χ3n) is 4.49. The molecule has 1 aliphatic rings. The lowest BCUT2D eigenvalue weighted by molar-refractivity contribution is 0.0762. The normalized spacial score (nSPS) is 12.8. The molecule has 2 amide bonds. The Kier molecular flexibility index (Phi) is 8.21. The summed E-state index contributed by atoms with van der Waals surface area (Å²) < 4.78 is 5.42. The van der Waals surface area contributed by atoms with Crippen LogP contribution in [0.2, 0.25) is 10.0 Å². The predicted molar refractivity (Wildman–Crippen MR) is 120 cm³/mol. The van der Waals surface area contributed by atoms with E-state index in [0.29, 0.717) is 35.2 Å². The van der Waals surface area contributed by atoms with Gasteiger partial charge in [0, 0.05) is 32.8 Å². The number of aliphatic hydroxyl groups is 1. The number of carbonyl (C=O) groups excluding carboxylic acids is 2. The highest BCUT2D eigenvalue weighted by molar-refractivity contribution is 6.34. The van der Waals surface area contributed by atoms with Gasteiger partial charge < -0.3 is 36.2 Å². The van der Waals surface area contributed by atoms with Gasteiger partial charge in [-0.3, -0.25) is 9.59 Å². The zero-order valence-electron chi connectivity index (χ0n) is 17.1. The molecule has 2 aromatic carbocycles. The number of nitrogens with two attached hydrogens (primary N) is 2. The van der Waals surface area contributed by atoms with Gasteiger partial charge in [0.1, 0.15) is 18.1 Å². The van der Waals surface area contributed by atoms with Crippen LogP contribution in [0.4, 0.5) is 11.4 Å². The van der Waals surface area contributed by atoms with Crippen LogP contribution < -0.4 is 16.2 Å². The van der Waals surface area contributed by atoms with Gasteiger partial charge in [-0.25, -0.2) is 0 Å². The summed E-state index contributed by atoms with van der Waals surface area (Å²) in [4.78, 5) is 26.5. The number of likely N-dealkylation sites (N-methyl/N-ethyl adjacent to an activating group) is 2. The number of phenolic OH excluding ortho intramolecular Hbond substituents is 1. The second-order valence-corrected chi connectivity index (χ2v) is 7.60. The Balaban J connectivity index is 0.000000220. The summed E-state index contributed by atoms with van der Waals surface area (Å²) in [7, 11) is 3.24. The van der Waals surface area contributed by atoms with Crippen molar-refractivity contribution in [2.24, 2.45) is 0 Å². The van der Waals surface area contributed by atoms with E-state index in [1.54, 1.807) is 24.1 Å². The first-order valence-electron chi connectivity index (χ1n) is 9.18. The number of ether oxygens (including phenoxy) is 1. The van der Waals surface area contributed by atoms with E-state index >= 15 is 0 Å². The fraction of sp³-hybridized carbons (Fsp3) is 0.300. The summed E-state index contributed by atoms with van der Waals surface area (Å²) in [6.07, 6.45) is 0. The molecule has 0 unspecified atom stereocenters. The van der Waals surface area contributed by atoms with Crippen molar-refractivity contribution >= 4 is 46.4 Å². The summed E-state index contributed by atoms with van der Waals surface area (Å²) in [6, 6.07) is 5.68. The Labute approximate surface area is 189 Å². The van der Waals surface area contributed by atoms with Crippen LogP contribution in [0.25, 0.3) is 0 Å². The number of aromatic hydroxyl groups is 1. The van der Waals surface area contributed by atoms with Gasteiger partial charge in [0.15, 0.2) is 0 Å². The average Bonchev–Trinajstić information content (AvgIpc) is 2.84. The zero-order valence-corrected chi connectivity index (χ0v) is 18.6. The Morgan fingerprint density at radius 3 is 2.45 bits per heavy atom. The first-order chi connectivity index (χ1) is 14.6. The summed E-state index contributed by atoms with van der Waals surface area (Å²) >= 11 is 11.6. The lowest BCUT2D eigenvalue weighted by Gasteiger charge is -2.16. The van der Waals surface area contributed by atoms with Crippen LogP contribution in [-0.2, 0) is 0 Å². The van der Waals surface area contributed by atoms with Crippen LogP contribution in [0, 0.1) is 0 Å². The standard InChI is InChI=1S/C10H13ClN2O3.C10H11ClN2O2/c1-13(2-3-14)10(16)6-4-7(11)8(12)5-9(6)15;1-13-2-3-15-9-5-8(12)7(11)4-6(9)10(13)14/h4-5,14-15H,2-3,12H2,1H3;4-5H,2-3,12H2,1H3. The van der Waals surface area contributed by atoms with Gasteiger partial charge in [-0.15, -0.1) is 0 Å². The molecule has 1 heterocycles. The summed E-state index contributed by atoms with van der Waals surface area (Å²) in [5, 5.41) is 18.8. The third-order valence-corrected chi connectivity index (χ3v) is 5.14. The number of carbonyl (C=O) groups is 2. The van der Waals surface area contributed by atoms with E-state index in [1.807, 2.05) is 0 Å². The number of benzene rings is 2. The first kappa shape index (κ1) is 24.4. The van der Waals surface area contributed by atoms with Crippen molar-refractivity contribution in [1.29, 1.82) is 0 Å². The molecule has 1 aliphatic heterocycles. The van der Waals surface area contributed by atoms with Crippen molar-refractivity contribution in [3.8, 4) is 11.5 Å². The summed E-state index contributed by atoms with van der Waals surface area (Å²) in [5.41, 5.74) is 12.3. The molecule has 0 fully saturated rings. The third kappa shape index (κ3) is 5.84.